The second-order valence-corrected chi connectivity index (χ2v) is 14.9. The molecule has 1 saturated carbocycles. The van der Waals surface area contributed by atoms with E-state index in [0.717, 1.165) is 42.6 Å². The number of aryl methyl sites for hydroxylation is 2. The molecule has 0 spiro atoms. The van der Waals surface area contributed by atoms with Gasteiger partial charge >= 0.3 is 0 Å². The first-order valence-corrected chi connectivity index (χ1v) is 16.7. The molecule has 1 aromatic carbocycles. The first-order valence-electron chi connectivity index (χ1n) is 15.2. The molecule has 0 bridgehead atoms. The smallest absolute Gasteiger partial charge is 0.262 e. The van der Waals surface area contributed by atoms with Crippen molar-refractivity contribution in [3.8, 4) is 0 Å². The van der Waals surface area contributed by atoms with Crippen molar-refractivity contribution in [1.82, 2.24) is 34.0 Å². The van der Waals surface area contributed by atoms with E-state index >= 15 is 0 Å². The molecule has 1 fully saturated rings. The van der Waals surface area contributed by atoms with Crippen LogP contribution in [0.25, 0.3) is 0 Å². The molecule has 13 heteroatoms. The quantitative estimate of drug-likeness (QED) is 0.374. The second kappa shape index (κ2) is 12.7. The summed E-state index contributed by atoms with van der Waals surface area (Å²) < 4.78 is 33.0. The Balaban J connectivity index is 1.51. The molecule has 0 radical (unpaired) electrons. The normalized spacial score (nSPS) is 17.9. The molecule has 2 aromatic heterocycles. The lowest BCUT2D eigenvalue weighted by atomic mass is 9.94. The van der Waals surface area contributed by atoms with Gasteiger partial charge in [0, 0.05) is 61.9 Å². The van der Waals surface area contributed by atoms with E-state index in [-0.39, 0.29) is 23.5 Å². The van der Waals surface area contributed by atoms with Gasteiger partial charge in [-0.1, -0.05) is 19.3 Å². The standard InChI is InChI=1S/C31H44N8O4S/c1-31(2,3)35-28(40)18-39(44(42,43)29-19-36(4)21-33-29)25-14-23-13-22(30(41)34-24-9-7-6-8-10-24)11-12-27(23)38(16-25)17-26-15-32-20-37(26)5/h11-13,15,19-21,24-25H,6-10,14,16-18H2,1-5H3,(H,34,41)(H,35,40). The van der Waals surface area contributed by atoms with E-state index in [0.29, 0.717) is 25.1 Å². The van der Waals surface area contributed by atoms with Gasteiger partial charge in [-0.3, -0.25) is 9.59 Å². The summed E-state index contributed by atoms with van der Waals surface area (Å²) in [4.78, 5) is 37.0. The third-order valence-corrected chi connectivity index (χ3v) is 10.0. The molecule has 238 valence electrons. The lowest BCUT2D eigenvalue weighted by molar-refractivity contribution is -0.123. The van der Waals surface area contributed by atoms with Gasteiger partial charge in [-0.15, -0.1) is 0 Å². The minimum atomic E-state index is -4.16. The summed E-state index contributed by atoms with van der Waals surface area (Å²) in [6, 6.07) is 5.22. The van der Waals surface area contributed by atoms with Crippen LogP contribution in [0.2, 0.25) is 0 Å². The average Bonchev–Trinajstić information content (AvgIpc) is 3.59. The molecule has 1 unspecified atom stereocenters. The Bertz CT molecular complexity index is 1600. The van der Waals surface area contributed by atoms with Crippen molar-refractivity contribution in [1.29, 1.82) is 0 Å². The molecule has 5 rings (SSSR count). The summed E-state index contributed by atoms with van der Waals surface area (Å²) in [6.07, 6.45) is 12.1. The molecular weight excluding hydrogens is 580 g/mol. The van der Waals surface area contributed by atoms with E-state index in [1.807, 2.05) is 50.6 Å². The van der Waals surface area contributed by atoms with E-state index in [1.54, 1.807) is 24.1 Å². The van der Waals surface area contributed by atoms with Gasteiger partial charge in [0.1, 0.15) is 0 Å². The number of carbonyl (C=O) groups excluding carboxylic acids is 2. The molecule has 3 heterocycles. The molecule has 44 heavy (non-hydrogen) atoms. The number of amides is 2. The van der Waals surface area contributed by atoms with Crippen molar-refractivity contribution in [2.75, 3.05) is 18.0 Å². The Morgan fingerprint density at radius 3 is 2.48 bits per heavy atom. The molecule has 1 aliphatic heterocycles. The number of carbonyl (C=O) groups is 2. The number of imidazole rings is 2. The zero-order valence-corrected chi connectivity index (χ0v) is 27.1. The largest absolute Gasteiger partial charge is 0.364 e. The highest BCUT2D eigenvalue weighted by atomic mass is 32.2. The summed E-state index contributed by atoms with van der Waals surface area (Å²) >= 11 is 0. The maximum absolute atomic E-state index is 14.1. The Labute approximate surface area is 259 Å². The number of nitrogens with one attached hydrogen (secondary N) is 2. The monoisotopic (exact) mass is 624 g/mol. The van der Waals surface area contributed by atoms with Crippen molar-refractivity contribution in [2.45, 2.75) is 88.5 Å². The van der Waals surface area contributed by atoms with E-state index in [9.17, 15) is 18.0 Å². The highest BCUT2D eigenvalue weighted by Gasteiger charge is 2.39. The van der Waals surface area contributed by atoms with Gasteiger partial charge in [-0.2, -0.15) is 4.31 Å². The number of hydrogen-bond donors (Lipinski definition) is 2. The fraction of sp³-hybridized carbons (Fsp3) is 0.548. The number of nitrogens with zero attached hydrogens (tertiary/aromatic N) is 6. The minimum absolute atomic E-state index is 0.117. The van der Waals surface area contributed by atoms with Crippen LogP contribution < -0.4 is 15.5 Å². The van der Waals surface area contributed by atoms with Crippen LogP contribution >= 0.6 is 0 Å². The average molecular weight is 625 g/mol. The van der Waals surface area contributed by atoms with E-state index < -0.39 is 27.5 Å². The topological polar surface area (TPSA) is 134 Å². The highest BCUT2D eigenvalue weighted by Crippen LogP contribution is 2.33. The predicted molar refractivity (Wildman–Crippen MR) is 168 cm³/mol. The zero-order valence-electron chi connectivity index (χ0n) is 26.3. The molecule has 12 nitrogen and oxygen atoms in total. The first-order chi connectivity index (χ1) is 20.8. The molecule has 2 aliphatic rings. The van der Waals surface area contributed by atoms with Crippen LogP contribution in [0, 0.1) is 0 Å². The Kier molecular flexibility index (Phi) is 9.17. The number of sulfonamides is 1. The van der Waals surface area contributed by atoms with Gasteiger partial charge < -0.3 is 24.7 Å². The summed E-state index contributed by atoms with van der Waals surface area (Å²) in [5.74, 6) is -0.524. The third kappa shape index (κ3) is 7.32. The molecule has 2 amide bonds. The number of benzene rings is 1. The highest BCUT2D eigenvalue weighted by molar-refractivity contribution is 7.89. The maximum Gasteiger partial charge on any atom is 0.262 e. The fourth-order valence-electron chi connectivity index (χ4n) is 6.11. The molecule has 3 aromatic rings. The minimum Gasteiger partial charge on any atom is -0.364 e. The molecule has 1 atom stereocenters. The van der Waals surface area contributed by atoms with Crippen molar-refractivity contribution < 1.29 is 18.0 Å². The summed E-state index contributed by atoms with van der Waals surface area (Å²) in [5.41, 5.74) is 2.71. The van der Waals surface area contributed by atoms with Crippen molar-refractivity contribution >= 4 is 27.5 Å². The number of anilines is 1. The molecule has 0 saturated heterocycles. The van der Waals surface area contributed by atoms with Crippen LogP contribution in [0.3, 0.4) is 0 Å². The van der Waals surface area contributed by atoms with Gasteiger partial charge in [0.2, 0.25) is 5.91 Å². The van der Waals surface area contributed by atoms with Gasteiger partial charge in [0.15, 0.2) is 5.03 Å². The number of aromatic nitrogens is 4. The number of hydrogen-bond acceptors (Lipinski definition) is 7. The van der Waals surface area contributed by atoms with Crippen LogP contribution in [0.5, 0.6) is 0 Å². The van der Waals surface area contributed by atoms with Crippen LogP contribution in [0.4, 0.5) is 5.69 Å². The Hall–Kier alpha value is -3.71. The van der Waals surface area contributed by atoms with E-state index in [1.165, 1.54) is 23.3 Å². The zero-order chi connectivity index (χ0) is 31.6. The fourth-order valence-corrected chi connectivity index (χ4v) is 7.65. The molecular formula is C31H44N8O4S. The number of fused-ring (bicyclic) bond motifs is 1. The molecule has 1 aliphatic carbocycles. The van der Waals surface area contributed by atoms with Gasteiger partial charge in [-0.25, -0.2) is 18.4 Å². The molecule has 2 N–H and O–H groups in total. The lowest BCUT2D eigenvalue weighted by Crippen LogP contribution is -2.55. The summed E-state index contributed by atoms with van der Waals surface area (Å²) in [7, 11) is -0.537. The summed E-state index contributed by atoms with van der Waals surface area (Å²) in [5, 5.41) is 5.98. The van der Waals surface area contributed by atoms with Crippen LogP contribution in [-0.2, 0) is 41.9 Å². The van der Waals surface area contributed by atoms with Gasteiger partial charge in [0.05, 0.1) is 31.4 Å². The Morgan fingerprint density at radius 2 is 1.84 bits per heavy atom. The van der Waals surface area contributed by atoms with Crippen LogP contribution in [-0.4, -0.2) is 74.4 Å². The predicted octanol–water partition coefficient (Wildman–Crippen LogP) is 2.75. The third-order valence-electron chi connectivity index (χ3n) is 8.25. The van der Waals surface area contributed by atoms with E-state index in [4.69, 9.17) is 0 Å². The lowest BCUT2D eigenvalue weighted by Gasteiger charge is -2.40. The van der Waals surface area contributed by atoms with E-state index in [2.05, 4.69) is 25.5 Å². The number of rotatable bonds is 9. The second-order valence-electron chi connectivity index (χ2n) is 13.1. The van der Waals surface area contributed by atoms with Gasteiger partial charge in [-0.05, 0) is 63.8 Å². The maximum atomic E-state index is 14.1. The van der Waals surface area contributed by atoms with Crippen molar-refractivity contribution in [3.63, 3.8) is 0 Å². The van der Waals surface area contributed by atoms with Crippen molar-refractivity contribution in [3.05, 3.63) is 60.1 Å². The SMILES string of the molecule is Cn1cnc(S(=O)(=O)N(CC(=O)NC(C)(C)C)C2Cc3cc(C(=O)NC4CCCCC4)ccc3N(Cc3cncn3C)C2)c1. The van der Waals surface area contributed by atoms with Gasteiger partial charge in [0.25, 0.3) is 15.9 Å². The Morgan fingerprint density at radius 1 is 1.09 bits per heavy atom. The van der Waals surface area contributed by atoms with Crippen molar-refractivity contribution in [2.24, 2.45) is 14.1 Å². The summed E-state index contributed by atoms with van der Waals surface area (Å²) in [6.45, 7) is 6.01. The first kappa shape index (κ1) is 31.7. The van der Waals surface area contributed by atoms with Crippen LogP contribution in [0.15, 0.2) is 48.3 Å². The van der Waals surface area contributed by atoms with Crippen LogP contribution in [0.1, 0.15) is 74.5 Å².